The Morgan fingerprint density at radius 2 is 1.73 bits per heavy atom. The van der Waals surface area contributed by atoms with E-state index in [2.05, 4.69) is 21.2 Å². The zero-order valence-corrected chi connectivity index (χ0v) is 17.3. The normalized spacial score (nSPS) is 10.2. The van der Waals surface area contributed by atoms with E-state index in [-0.39, 0.29) is 23.8 Å². The lowest BCUT2D eigenvalue weighted by atomic mass is 10.2. The first kappa shape index (κ1) is 21.3. The maximum atomic E-state index is 12.5. The number of carbonyl (C=O) groups is 3. The van der Waals surface area contributed by atoms with Crippen LogP contribution in [0.4, 0.5) is 5.13 Å². The topological polar surface area (TPSA) is 109 Å². The van der Waals surface area contributed by atoms with Gasteiger partial charge in [0.15, 0.2) is 5.13 Å². The van der Waals surface area contributed by atoms with Gasteiger partial charge < -0.3 is 10.1 Å². The van der Waals surface area contributed by atoms with Crippen molar-refractivity contribution in [2.45, 2.75) is 13.5 Å². The average Bonchev–Trinajstić information content (AvgIpc) is 3.19. The summed E-state index contributed by atoms with van der Waals surface area (Å²) in [5.41, 5.74) is 5.84. The zero-order valence-electron chi connectivity index (χ0n) is 15.8. The van der Waals surface area contributed by atoms with Crippen LogP contribution in [0.2, 0.25) is 5.02 Å². The number of rotatable bonds is 6. The van der Waals surface area contributed by atoms with Crippen molar-refractivity contribution >= 4 is 45.8 Å². The first-order valence-corrected chi connectivity index (χ1v) is 9.98. The molecule has 0 bridgehead atoms. The number of anilines is 1. The molecule has 8 nitrogen and oxygen atoms in total. The van der Waals surface area contributed by atoms with E-state index in [1.54, 1.807) is 36.4 Å². The van der Waals surface area contributed by atoms with Crippen molar-refractivity contribution in [3.05, 3.63) is 75.8 Å². The predicted molar refractivity (Wildman–Crippen MR) is 114 cm³/mol. The third kappa shape index (κ3) is 5.79. The van der Waals surface area contributed by atoms with Crippen LogP contribution < -0.4 is 20.9 Å². The van der Waals surface area contributed by atoms with Crippen LogP contribution in [0.5, 0.6) is 5.75 Å². The van der Waals surface area contributed by atoms with Crippen LogP contribution in [-0.4, -0.2) is 22.7 Å². The molecule has 0 radical (unpaired) electrons. The van der Waals surface area contributed by atoms with Crippen LogP contribution in [-0.2, 0) is 11.4 Å². The number of ether oxygens (including phenoxy) is 1. The number of thiazole rings is 1. The molecule has 0 aliphatic carbocycles. The molecule has 30 heavy (non-hydrogen) atoms. The van der Waals surface area contributed by atoms with Gasteiger partial charge in [0.2, 0.25) is 5.91 Å². The lowest BCUT2D eigenvalue weighted by Gasteiger charge is -2.12. The second-order valence-electron chi connectivity index (χ2n) is 6.04. The third-order valence-electron chi connectivity index (χ3n) is 3.75. The lowest BCUT2D eigenvalue weighted by Crippen LogP contribution is -2.41. The molecule has 1 aromatic heterocycles. The van der Waals surface area contributed by atoms with Crippen molar-refractivity contribution in [3.63, 3.8) is 0 Å². The minimum absolute atomic E-state index is 0.0660. The highest BCUT2D eigenvalue weighted by molar-refractivity contribution is 7.14. The molecule has 0 unspecified atom stereocenters. The van der Waals surface area contributed by atoms with Gasteiger partial charge in [-0.2, -0.15) is 0 Å². The monoisotopic (exact) mass is 444 g/mol. The Bertz CT molecular complexity index is 1070. The van der Waals surface area contributed by atoms with Crippen LogP contribution in [0, 0.1) is 0 Å². The number of nitrogens with one attached hydrogen (secondary N) is 3. The summed E-state index contributed by atoms with van der Waals surface area (Å²) in [5, 5.41) is 4.87. The van der Waals surface area contributed by atoms with Gasteiger partial charge in [0, 0.05) is 17.3 Å². The fraction of sp³-hybridized carbons (Fsp3) is 0.100. The third-order valence-corrected chi connectivity index (χ3v) is 4.76. The van der Waals surface area contributed by atoms with Gasteiger partial charge in [0.1, 0.15) is 18.1 Å². The van der Waals surface area contributed by atoms with Crippen molar-refractivity contribution in [1.82, 2.24) is 15.8 Å². The largest absolute Gasteiger partial charge is 0.488 e. The van der Waals surface area contributed by atoms with Gasteiger partial charge >= 0.3 is 0 Å². The lowest BCUT2D eigenvalue weighted by molar-refractivity contribution is -0.114. The summed E-state index contributed by atoms with van der Waals surface area (Å²) >= 11 is 6.97. The summed E-state index contributed by atoms with van der Waals surface area (Å²) in [7, 11) is 0. The number of carbonyl (C=O) groups excluding carboxylic acids is 3. The standard InChI is InChI=1S/C20H17ClN4O4S/c1-12(26)22-20-23-16(11-30-20)19(28)25-24-18(27)15-4-2-3-5-17(15)29-10-13-6-8-14(21)9-7-13/h2-9,11H,10H2,1H3,(H,24,27)(H,25,28)(H,22,23,26). The average molecular weight is 445 g/mol. The number of hydrogen-bond acceptors (Lipinski definition) is 6. The number of nitrogens with zero attached hydrogens (tertiary/aromatic N) is 1. The molecule has 10 heteroatoms. The first-order chi connectivity index (χ1) is 14.4. The summed E-state index contributed by atoms with van der Waals surface area (Å²) in [6, 6.07) is 13.8. The van der Waals surface area contributed by atoms with Crippen molar-refractivity contribution in [2.75, 3.05) is 5.32 Å². The number of aromatic nitrogens is 1. The molecule has 154 valence electrons. The Balaban J connectivity index is 1.60. The number of hydrazine groups is 1. The van der Waals surface area contributed by atoms with Crippen LogP contribution >= 0.6 is 22.9 Å². The molecule has 0 fully saturated rings. The van der Waals surface area contributed by atoms with E-state index in [1.165, 1.54) is 12.3 Å². The van der Waals surface area contributed by atoms with E-state index < -0.39 is 11.8 Å². The molecule has 3 amide bonds. The SMILES string of the molecule is CC(=O)Nc1nc(C(=O)NNC(=O)c2ccccc2OCc2ccc(Cl)cc2)cs1. The Morgan fingerprint density at radius 1 is 1.03 bits per heavy atom. The Hall–Kier alpha value is -3.43. The molecule has 2 aromatic carbocycles. The van der Waals surface area contributed by atoms with E-state index in [0.29, 0.717) is 15.9 Å². The highest BCUT2D eigenvalue weighted by atomic mass is 35.5. The molecule has 3 rings (SSSR count). The number of amides is 3. The summed E-state index contributed by atoms with van der Waals surface area (Å²) in [6.45, 7) is 1.59. The van der Waals surface area contributed by atoms with Gasteiger partial charge in [-0.15, -0.1) is 11.3 Å². The summed E-state index contributed by atoms with van der Waals surface area (Å²) in [5.74, 6) is -1.09. The van der Waals surface area contributed by atoms with E-state index in [0.717, 1.165) is 16.9 Å². The summed E-state index contributed by atoms with van der Waals surface area (Å²) in [4.78, 5) is 39.7. The smallest absolute Gasteiger partial charge is 0.289 e. The molecule has 1 heterocycles. The fourth-order valence-corrected chi connectivity index (χ4v) is 3.22. The Kier molecular flexibility index (Phi) is 6.99. The van der Waals surface area contributed by atoms with Crippen molar-refractivity contribution in [3.8, 4) is 5.75 Å². The van der Waals surface area contributed by atoms with Crippen LogP contribution in [0.25, 0.3) is 0 Å². The minimum atomic E-state index is -0.615. The molecule has 0 atom stereocenters. The van der Waals surface area contributed by atoms with Crippen LogP contribution in [0.1, 0.15) is 33.3 Å². The van der Waals surface area contributed by atoms with E-state index >= 15 is 0 Å². The van der Waals surface area contributed by atoms with E-state index in [1.807, 2.05) is 12.1 Å². The van der Waals surface area contributed by atoms with Crippen molar-refractivity contribution in [2.24, 2.45) is 0 Å². The number of benzene rings is 2. The van der Waals surface area contributed by atoms with E-state index in [4.69, 9.17) is 16.3 Å². The predicted octanol–water partition coefficient (Wildman–Crippen LogP) is 3.41. The molecule has 3 aromatic rings. The van der Waals surface area contributed by atoms with Crippen LogP contribution in [0.15, 0.2) is 53.9 Å². The molecule has 0 aliphatic rings. The zero-order chi connectivity index (χ0) is 21.5. The van der Waals surface area contributed by atoms with Gasteiger partial charge in [0.05, 0.1) is 5.56 Å². The second-order valence-corrected chi connectivity index (χ2v) is 7.33. The number of para-hydroxylation sites is 1. The summed E-state index contributed by atoms with van der Waals surface area (Å²) in [6.07, 6.45) is 0. The van der Waals surface area contributed by atoms with Crippen molar-refractivity contribution in [1.29, 1.82) is 0 Å². The second kappa shape index (κ2) is 9.86. The molecule has 0 saturated heterocycles. The van der Waals surface area contributed by atoms with E-state index in [9.17, 15) is 14.4 Å². The fourth-order valence-electron chi connectivity index (χ4n) is 2.35. The highest BCUT2D eigenvalue weighted by Crippen LogP contribution is 2.20. The maximum absolute atomic E-state index is 12.5. The highest BCUT2D eigenvalue weighted by Gasteiger charge is 2.16. The molecular formula is C20H17ClN4O4S. The molecule has 0 aliphatic heterocycles. The molecule has 0 spiro atoms. The molecule has 3 N–H and O–H groups in total. The number of hydrogen-bond donors (Lipinski definition) is 3. The van der Waals surface area contributed by atoms with Gasteiger partial charge in [0.25, 0.3) is 11.8 Å². The van der Waals surface area contributed by atoms with Crippen LogP contribution in [0.3, 0.4) is 0 Å². The van der Waals surface area contributed by atoms with Crippen molar-refractivity contribution < 1.29 is 19.1 Å². The first-order valence-electron chi connectivity index (χ1n) is 8.72. The maximum Gasteiger partial charge on any atom is 0.289 e. The summed E-state index contributed by atoms with van der Waals surface area (Å²) < 4.78 is 5.75. The van der Waals surface area contributed by atoms with Gasteiger partial charge in [-0.1, -0.05) is 35.9 Å². The van der Waals surface area contributed by atoms with Gasteiger partial charge in [-0.3, -0.25) is 25.2 Å². The van der Waals surface area contributed by atoms with Gasteiger partial charge in [-0.05, 0) is 29.8 Å². The molecule has 0 saturated carbocycles. The molecular weight excluding hydrogens is 428 g/mol. The van der Waals surface area contributed by atoms with Gasteiger partial charge in [-0.25, -0.2) is 4.98 Å². The Morgan fingerprint density at radius 3 is 2.47 bits per heavy atom. The minimum Gasteiger partial charge on any atom is -0.488 e. The quantitative estimate of drug-likeness (QED) is 0.505. The Labute approximate surface area is 181 Å². The number of halogens is 1.